The van der Waals surface area contributed by atoms with E-state index < -0.39 is 33.4 Å². The second kappa shape index (κ2) is 13.3. The van der Waals surface area contributed by atoms with Crippen LogP contribution in [0.2, 0.25) is 0 Å². The predicted octanol–water partition coefficient (Wildman–Crippen LogP) is 2.92. The highest BCUT2D eigenvalue weighted by Gasteiger charge is 2.41. The van der Waals surface area contributed by atoms with Crippen molar-refractivity contribution in [3.05, 3.63) is 11.5 Å². The number of nitrogens with one attached hydrogen (secondary N) is 1. The molecule has 0 aromatic carbocycles. The molecule has 0 radical (unpaired) electrons. The maximum absolute atomic E-state index is 12.4. The van der Waals surface area contributed by atoms with Gasteiger partial charge in [0.05, 0.1) is 11.9 Å². The molecule has 1 aliphatic rings. The van der Waals surface area contributed by atoms with Gasteiger partial charge in [0, 0.05) is 19.4 Å². The molecule has 0 aromatic rings. The van der Waals surface area contributed by atoms with Crippen molar-refractivity contribution in [3.63, 3.8) is 0 Å². The summed E-state index contributed by atoms with van der Waals surface area (Å²) in [4.78, 5) is 24.0. The van der Waals surface area contributed by atoms with Crippen molar-refractivity contribution >= 4 is 33.8 Å². The molecule has 9 nitrogen and oxygen atoms in total. The van der Waals surface area contributed by atoms with Crippen molar-refractivity contribution in [2.24, 2.45) is 0 Å². The number of hydrogen-bond donors (Lipinski definition) is 3. The van der Waals surface area contributed by atoms with Gasteiger partial charge in [-0.25, -0.2) is 4.79 Å². The Morgan fingerprint density at radius 3 is 2.37 bits per heavy atom. The topological polar surface area (TPSA) is 139 Å². The van der Waals surface area contributed by atoms with E-state index in [1.807, 2.05) is 6.08 Å². The third-order valence-electron chi connectivity index (χ3n) is 4.54. The molecule has 3 unspecified atom stereocenters. The summed E-state index contributed by atoms with van der Waals surface area (Å²) in [7, 11) is -3.89. The number of rotatable bonds is 16. The van der Waals surface area contributed by atoms with Gasteiger partial charge in [0.25, 0.3) is 10.1 Å². The smallest absolute Gasteiger partial charge is 0.335 e. The molecular weight excluding hydrogens is 434 g/mol. The lowest BCUT2D eigenvalue weighted by Gasteiger charge is -2.34. The van der Waals surface area contributed by atoms with Gasteiger partial charge in [-0.2, -0.15) is 8.42 Å². The zero-order chi connectivity index (χ0) is 22.6. The minimum absolute atomic E-state index is 0.217. The molecule has 0 saturated heterocycles. The molecular formula is C19H33NO8S2. The number of carboxylic acid groups (broad SMARTS) is 1. The van der Waals surface area contributed by atoms with Crippen LogP contribution in [0, 0.1) is 0 Å². The molecule has 11 heteroatoms. The first-order valence-corrected chi connectivity index (χ1v) is 12.7. The molecule has 1 amide bonds. The van der Waals surface area contributed by atoms with Crippen LogP contribution in [0.3, 0.4) is 0 Å². The zero-order valence-corrected chi connectivity index (χ0v) is 19.2. The summed E-state index contributed by atoms with van der Waals surface area (Å²) in [5, 5.41) is 12.9. The lowest BCUT2D eigenvalue weighted by Crippen LogP contribution is -2.52. The van der Waals surface area contributed by atoms with Crippen molar-refractivity contribution < 1.29 is 37.1 Å². The quantitative estimate of drug-likeness (QED) is 0.178. The van der Waals surface area contributed by atoms with Crippen LogP contribution in [0.4, 0.5) is 0 Å². The van der Waals surface area contributed by atoms with E-state index in [1.54, 1.807) is 19.3 Å². The Kier molecular flexibility index (Phi) is 11.9. The normalized spacial score (nSPS) is 20.8. The Hall–Kier alpha value is -1.14. The summed E-state index contributed by atoms with van der Waals surface area (Å²) < 4.78 is 41.1. The summed E-state index contributed by atoms with van der Waals surface area (Å²) in [6, 6.07) is 0. The second-order valence-electron chi connectivity index (χ2n) is 7.19. The molecule has 0 spiro atoms. The van der Waals surface area contributed by atoms with Gasteiger partial charge in [-0.15, -0.1) is 0 Å². The van der Waals surface area contributed by atoms with Gasteiger partial charge in [-0.1, -0.05) is 43.5 Å². The summed E-state index contributed by atoms with van der Waals surface area (Å²) in [6.07, 6.45) is 4.91. The van der Waals surface area contributed by atoms with E-state index in [0.29, 0.717) is 32.3 Å². The van der Waals surface area contributed by atoms with Gasteiger partial charge in [0.15, 0.2) is 11.2 Å². The first-order chi connectivity index (χ1) is 14.1. The summed E-state index contributed by atoms with van der Waals surface area (Å²) in [6.45, 7) is 3.75. The Labute approximate surface area is 182 Å². The van der Waals surface area contributed by atoms with Crippen LogP contribution in [-0.2, 0) is 29.2 Å². The third kappa shape index (κ3) is 10.8. The fraction of sp³-hybridized carbons (Fsp3) is 0.789. The number of carbonyl (C=O) groups excluding carboxylic acids is 1. The lowest BCUT2D eigenvalue weighted by molar-refractivity contribution is -0.174. The molecule has 0 aromatic heterocycles. The molecule has 0 aliphatic carbocycles. The second-order valence-corrected chi connectivity index (χ2v) is 9.93. The van der Waals surface area contributed by atoms with Crippen LogP contribution >= 0.6 is 11.8 Å². The summed E-state index contributed by atoms with van der Waals surface area (Å²) in [5.74, 6) is -1.58. The van der Waals surface area contributed by atoms with Crippen molar-refractivity contribution in [2.45, 2.75) is 82.5 Å². The predicted molar refractivity (Wildman–Crippen MR) is 115 cm³/mol. The van der Waals surface area contributed by atoms with E-state index in [-0.39, 0.29) is 18.1 Å². The van der Waals surface area contributed by atoms with Gasteiger partial charge in [0.1, 0.15) is 0 Å². The van der Waals surface area contributed by atoms with Crippen LogP contribution in [0.1, 0.15) is 65.2 Å². The fourth-order valence-electron chi connectivity index (χ4n) is 3.05. The minimum Gasteiger partial charge on any atom is -0.479 e. The SMILES string of the molecule is CCOC(C)C(OC1(NC(=O)CCCCCCCCS(=O)(=O)O)CC=CS1)C(=O)O. The first-order valence-electron chi connectivity index (χ1n) is 10.2. The number of hydrogen-bond acceptors (Lipinski definition) is 7. The maximum atomic E-state index is 12.4. The number of carboxylic acids is 1. The Morgan fingerprint density at radius 2 is 1.83 bits per heavy atom. The summed E-state index contributed by atoms with van der Waals surface area (Å²) >= 11 is 1.23. The lowest BCUT2D eigenvalue weighted by atomic mass is 10.1. The standard InChI is InChI=1S/C19H33NO8S2/c1-3-27-15(2)17(18(22)23)28-19(12-10-13-29-19)20-16(21)11-8-6-4-5-7-9-14-30(24,25)26/h10,13,15,17H,3-9,11-12,14H2,1-2H3,(H,20,21)(H,22,23)(H,24,25,26). The van der Waals surface area contributed by atoms with Gasteiger partial charge >= 0.3 is 5.97 Å². The van der Waals surface area contributed by atoms with E-state index in [0.717, 1.165) is 19.3 Å². The van der Waals surface area contributed by atoms with Gasteiger partial charge < -0.3 is 19.9 Å². The largest absolute Gasteiger partial charge is 0.479 e. The highest BCUT2D eigenvalue weighted by Crippen LogP contribution is 2.37. The number of unbranched alkanes of at least 4 members (excludes halogenated alkanes) is 5. The van der Waals surface area contributed by atoms with E-state index in [1.165, 1.54) is 11.8 Å². The molecule has 3 atom stereocenters. The molecule has 0 bridgehead atoms. The maximum Gasteiger partial charge on any atom is 0.335 e. The number of aliphatic carboxylic acids is 1. The fourth-order valence-corrected chi connectivity index (χ4v) is 4.56. The highest BCUT2D eigenvalue weighted by molar-refractivity contribution is 8.03. The van der Waals surface area contributed by atoms with E-state index in [9.17, 15) is 23.1 Å². The molecule has 30 heavy (non-hydrogen) atoms. The Bertz CT molecular complexity index is 672. The number of ether oxygens (including phenoxy) is 2. The van der Waals surface area contributed by atoms with Gasteiger partial charge in [-0.3, -0.25) is 9.35 Å². The molecule has 0 saturated carbocycles. The van der Waals surface area contributed by atoms with Crippen molar-refractivity contribution in [1.29, 1.82) is 0 Å². The number of carbonyl (C=O) groups is 2. The van der Waals surface area contributed by atoms with Crippen molar-refractivity contribution in [1.82, 2.24) is 5.32 Å². The number of thioether (sulfide) groups is 1. The molecule has 0 fully saturated rings. The average molecular weight is 468 g/mol. The molecule has 1 aliphatic heterocycles. The van der Waals surface area contributed by atoms with Crippen molar-refractivity contribution in [2.75, 3.05) is 12.4 Å². The summed E-state index contributed by atoms with van der Waals surface area (Å²) in [5.41, 5.74) is 0. The molecule has 3 N–H and O–H groups in total. The zero-order valence-electron chi connectivity index (χ0n) is 17.5. The van der Waals surface area contributed by atoms with Crippen LogP contribution < -0.4 is 5.32 Å². The Balaban J connectivity index is 2.40. The van der Waals surface area contributed by atoms with E-state index in [4.69, 9.17) is 14.0 Å². The Morgan fingerprint density at radius 1 is 1.20 bits per heavy atom. The molecule has 1 heterocycles. The van der Waals surface area contributed by atoms with E-state index in [2.05, 4.69) is 5.32 Å². The van der Waals surface area contributed by atoms with Gasteiger partial charge in [0.2, 0.25) is 5.91 Å². The number of amides is 1. The van der Waals surface area contributed by atoms with Crippen LogP contribution in [0.15, 0.2) is 11.5 Å². The van der Waals surface area contributed by atoms with Crippen LogP contribution in [0.5, 0.6) is 0 Å². The minimum atomic E-state index is -3.89. The van der Waals surface area contributed by atoms with E-state index >= 15 is 0 Å². The van der Waals surface area contributed by atoms with Crippen molar-refractivity contribution in [3.8, 4) is 0 Å². The third-order valence-corrected chi connectivity index (χ3v) is 6.42. The van der Waals surface area contributed by atoms with Gasteiger partial charge in [-0.05, 0) is 32.1 Å². The molecule has 174 valence electrons. The van der Waals surface area contributed by atoms with Crippen LogP contribution in [0.25, 0.3) is 0 Å². The monoisotopic (exact) mass is 467 g/mol. The first kappa shape index (κ1) is 26.9. The highest BCUT2D eigenvalue weighted by atomic mass is 32.2. The molecule has 1 rings (SSSR count). The van der Waals surface area contributed by atoms with Crippen LogP contribution in [-0.4, -0.2) is 59.6 Å². The average Bonchev–Trinajstić information content (AvgIpc) is 3.09.